The number of para-hydroxylation sites is 5. The fourth-order valence-electron chi connectivity index (χ4n) is 8.57. The van der Waals surface area contributed by atoms with Crippen LogP contribution < -0.4 is 0 Å². The van der Waals surface area contributed by atoms with Gasteiger partial charge >= 0.3 is 0 Å². The van der Waals surface area contributed by atoms with Crippen LogP contribution in [0.1, 0.15) is 0 Å². The first-order valence-electron chi connectivity index (χ1n) is 19.7. The molecule has 0 aliphatic carbocycles. The quantitative estimate of drug-likeness (QED) is 0.169. The maximum atomic E-state index is 5.36. The SMILES string of the molecule is c1ccc(-c2nc(-c3cccc4c3sc3ccc(-c5nc6ccccc6n5-c5ccccc5)cc34)nc(-c3cccc4c3c3ccccc3n4-c3ccccc3)n2)cc1. The maximum Gasteiger partial charge on any atom is 0.165 e. The molecule has 0 amide bonds. The molecule has 0 atom stereocenters. The zero-order valence-corrected chi connectivity index (χ0v) is 32.4. The highest BCUT2D eigenvalue weighted by Gasteiger charge is 2.22. The summed E-state index contributed by atoms with van der Waals surface area (Å²) in [5, 5.41) is 4.58. The minimum atomic E-state index is 0.634. The standard InChI is InChI=1S/C52H32N6S/c1-4-16-33(17-5-1)49-54-50(39-24-15-29-45-47(39)38-22-10-12-27-43(38)57(45)35-18-6-2-7-19-35)56-51(55-49)40-25-14-23-37-41-32-34(30-31-46(41)59-48(37)40)52-53-42-26-11-13-28-44(42)58(52)36-20-8-3-9-21-36/h1-32H. The highest BCUT2D eigenvalue weighted by molar-refractivity contribution is 7.26. The Morgan fingerprint density at radius 2 is 0.966 bits per heavy atom. The number of benzene rings is 8. The minimum Gasteiger partial charge on any atom is -0.309 e. The molecule has 276 valence electrons. The first-order chi connectivity index (χ1) is 29.3. The van der Waals surface area contributed by atoms with Crippen molar-refractivity contribution in [2.75, 3.05) is 0 Å². The van der Waals surface area contributed by atoms with Gasteiger partial charge in [0.25, 0.3) is 0 Å². The van der Waals surface area contributed by atoms with E-state index in [-0.39, 0.29) is 0 Å². The van der Waals surface area contributed by atoms with E-state index in [1.54, 1.807) is 11.3 Å². The lowest BCUT2D eigenvalue weighted by atomic mass is 10.0. The molecule has 0 saturated heterocycles. The molecule has 4 aromatic heterocycles. The Morgan fingerprint density at radius 1 is 0.373 bits per heavy atom. The number of fused-ring (bicyclic) bond motifs is 7. The topological polar surface area (TPSA) is 61.4 Å². The highest BCUT2D eigenvalue weighted by atomic mass is 32.1. The Hall–Kier alpha value is -7.74. The average molecular weight is 773 g/mol. The molecule has 0 spiro atoms. The lowest BCUT2D eigenvalue weighted by Gasteiger charge is -2.11. The Kier molecular flexibility index (Phi) is 7.61. The van der Waals surface area contributed by atoms with Crippen LogP contribution in [0.15, 0.2) is 194 Å². The van der Waals surface area contributed by atoms with Gasteiger partial charge < -0.3 is 4.57 Å². The molecule has 0 bridgehead atoms. The molecule has 0 fully saturated rings. The second-order valence-electron chi connectivity index (χ2n) is 14.7. The van der Waals surface area contributed by atoms with Crippen molar-refractivity contribution in [1.82, 2.24) is 29.1 Å². The molecule has 12 aromatic rings. The molecule has 0 saturated carbocycles. The summed E-state index contributed by atoms with van der Waals surface area (Å²) in [5.41, 5.74) is 10.4. The van der Waals surface area contributed by atoms with Gasteiger partial charge in [-0.2, -0.15) is 0 Å². The molecular formula is C52H32N6S. The van der Waals surface area contributed by atoms with E-state index in [1.807, 2.05) is 30.3 Å². The van der Waals surface area contributed by atoms with E-state index in [2.05, 4.69) is 173 Å². The zero-order chi connectivity index (χ0) is 38.9. The number of thiophene rings is 1. The van der Waals surface area contributed by atoms with E-state index in [0.29, 0.717) is 17.5 Å². The monoisotopic (exact) mass is 772 g/mol. The van der Waals surface area contributed by atoms with Crippen molar-refractivity contribution in [3.05, 3.63) is 194 Å². The lowest BCUT2D eigenvalue weighted by molar-refractivity contribution is 1.08. The summed E-state index contributed by atoms with van der Waals surface area (Å²) in [4.78, 5) is 21.0. The third kappa shape index (κ3) is 5.40. The molecule has 0 aliphatic heterocycles. The van der Waals surface area contributed by atoms with Gasteiger partial charge in [-0.15, -0.1) is 11.3 Å². The second-order valence-corrected chi connectivity index (χ2v) is 15.7. The predicted molar refractivity (Wildman–Crippen MR) is 243 cm³/mol. The van der Waals surface area contributed by atoms with Crippen LogP contribution in [-0.4, -0.2) is 29.1 Å². The summed E-state index contributed by atoms with van der Waals surface area (Å²) in [5.74, 6) is 2.82. The van der Waals surface area contributed by atoms with Gasteiger partial charge in [0.2, 0.25) is 0 Å². The molecule has 0 N–H and O–H groups in total. The molecule has 12 rings (SSSR count). The maximum absolute atomic E-state index is 5.36. The second kappa shape index (κ2) is 13.4. The van der Waals surface area contributed by atoms with Crippen molar-refractivity contribution in [3.63, 3.8) is 0 Å². The summed E-state index contributed by atoms with van der Waals surface area (Å²) in [6, 6.07) is 67.8. The van der Waals surface area contributed by atoms with E-state index in [4.69, 9.17) is 19.9 Å². The van der Waals surface area contributed by atoms with Crippen LogP contribution in [0.4, 0.5) is 0 Å². The number of hydrogen-bond acceptors (Lipinski definition) is 5. The molecule has 0 unspecified atom stereocenters. The van der Waals surface area contributed by atoms with Crippen LogP contribution in [-0.2, 0) is 0 Å². The van der Waals surface area contributed by atoms with Crippen LogP contribution in [0, 0.1) is 0 Å². The first-order valence-corrected chi connectivity index (χ1v) is 20.5. The van der Waals surface area contributed by atoms with Crippen LogP contribution in [0.2, 0.25) is 0 Å². The summed E-state index contributed by atoms with van der Waals surface area (Å²) in [6.07, 6.45) is 0. The molecule has 0 aliphatic rings. The van der Waals surface area contributed by atoms with Crippen molar-refractivity contribution in [3.8, 4) is 56.9 Å². The van der Waals surface area contributed by atoms with Gasteiger partial charge in [0.15, 0.2) is 17.5 Å². The zero-order valence-electron chi connectivity index (χ0n) is 31.6. The van der Waals surface area contributed by atoms with Crippen molar-refractivity contribution < 1.29 is 0 Å². The molecule has 0 radical (unpaired) electrons. The van der Waals surface area contributed by atoms with Gasteiger partial charge in [0.05, 0.1) is 22.1 Å². The first kappa shape index (κ1) is 33.4. The van der Waals surface area contributed by atoms with Crippen molar-refractivity contribution >= 4 is 64.3 Å². The Labute approximate surface area is 343 Å². The number of aromatic nitrogens is 6. The minimum absolute atomic E-state index is 0.634. The summed E-state index contributed by atoms with van der Waals surface area (Å²) in [6.45, 7) is 0. The highest BCUT2D eigenvalue weighted by Crippen LogP contribution is 2.43. The van der Waals surface area contributed by atoms with Crippen LogP contribution in [0.5, 0.6) is 0 Å². The number of nitrogens with zero attached hydrogens (tertiary/aromatic N) is 6. The van der Waals surface area contributed by atoms with Crippen molar-refractivity contribution in [2.45, 2.75) is 0 Å². The van der Waals surface area contributed by atoms with Gasteiger partial charge in [0, 0.05) is 64.6 Å². The summed E-state index contributed by atoms with van der Waals surface area (Å²) < 4.78 is 6.90. The summed E-state index contributed by atoms with van der Waals surface area (Å²) >= 11 is 1.77. The van der Waals surface area contributed by atoms with Gasteiger partial charge in [-0.1, -0.05) is 121 Å². The van der Waals surface area contributed by atoms with Crippen LogP contribution in [0.25, 0.3) is 110 Å². The third-order valence-electron chi connectivity index (χ3n) is 11.2. The fourth-order valence-corrected chi connectivity index (χ4v) is 9.76. The van der Waals surface area contributed by atoms with Gasteiger partial charge in [-0.3, -0.25) is 4.57 Å². The van der Waals surface area contributed by atoms with E-state index < -0.39 is 0 Å². The molecule has 59 heavy (non-hydrogen) atoms. The average Bonchev–Trinajstić information content (AvgIpc) is 3.99. The van der Waals surface area contributed by atoms with E-state index >= 15 is 0 Å². The van der Waals surface area contributed by atoms with E-state index in [9.17, 15) is 0 Å². The predicted octanol–water partition coefficient (Wildman–Crippen LogP) is 13.3. The van der Waals surface area contributed by atoms with Gasteiger partial charge in [0.1, 0.15) is 5.82 Å². The van der Waals surface area contributed by atoms with E-state index in [0.717, 1.165) is 82.4 Å². The molecule has 8 aromatic carbocycles. The lowest BCUT2D eigenvalue weighted by Crippen LogP contribution is -2.00. The Balaban J connectivity index is 1.07. The Morgan fingerprint density at radius 3 is 1.76 bits per heavy atom. The number of rotatable bonds is 6. The van der Waals surface area contributed by atoms with Crippen LogP contribution in [0.3, 0.4) is 0 Å². The van der Waals surface area contributed by atoms with E-state index in [1.165, 1.54) is 10.1 Å². The largest absolute Gasteiger partial charge is 0.309 e. The van der Waals surface area contributed by atoms with Crippen molar-refractivity contribution in [2.24, 2.45) is 0 Å². The third-order valence-corrected chi connectivity index (χ3v) is 12.4. The number of hydrogen-bond donors (Lipinski definition) is 0. The number of imidazole rings is 1. The van der Waals surface area contributed by atoms with Gasteiger partial charge in [-0.25, -0.2) is 19.9 Å². The smallest absolute Gasteiger partial charge is 0.165 e. The molecule has 7 heteroatoms. The van der Waals surface area contributed by atoms with Crippen LogP contribution >= 0.6 is 11.3 Å². The Bertz CT molecular complexity index is 3550. The fraction of sp³-hybridized carbons (Fsp3) is 0. The molecule has 4 heterocycles. The normalized spacial score (nSPS) is 11.7. The van der Waals surface area contributed by atoms with Gasteiger partial charge in [-0.05, 0) is 72.8 Å². The summed E-state index contributed by atoms with van der Waals surface area (Å²) in [7, 11) is 0. The van der Waals surface area contributed by atoms with Crippen molar-refractivity contribution in [1.29, 1.82) is 0 Å². The molecule has 6 nitrogen and oxygen atoms in total. The molecular weight excluding hydrogens is 741 g/mol.